The van der Waals surface area contributed by atoms with E-state index in [1.165, 1.54) is 12.1 Å². The largest absolute Gasteiger partial charge is 0.490 e. The van der Waals surface area contributed by atoms with E-state index in [9.17, 15) is 27.5 Å². The molecule has 1 aliphatic carbocycles. The highest BCUT2D eigenvalue weighted by Crippen LogP contribution is 2.42. The lowest BCUT2D eigenvalue weighted by atomic mass is 9.70. The Balaban J connectivity index is 0.000000532. The molecular formula is C25H25ClF4N4O5. The van der Waals surface area contributed by atoms with Crippen LogP contribution in [0.15, 0.2) is 48.7 Å². The number of aryl methyl sites for hydroxylation is 1. The molecule has 1 saturated carbocycles. The Hall–Kier alpha value is -3.87. The third-order valence-corrected chi connectivity index (χ3v) is 6.52. The Kier molecular flexibility index (Phi) is 9.73. The van der Waals surface area contributed by atoms with Gasteiger partial charge in [0.05, 0.1) is 22.7 Å². The third kappa shape index (κ3) is 8.31. The van der Waals surface area contributed by atoms with Crippen molar-refractivity contribution in [3.63, 3.8) is 0 Å². The number of carboxylic acids is 2. The lowest BCUT2D eigenvalue weighted by Gasteiger charge is -2.37. The number of halogens is 5. The Morgan fingerprint density at radius 3 is 2.38 bits per heavy atom. The van der Waals surface area contributed by atoms with Crippen LogP contribution in [0.4, 0.5) is 29.2 Å². The monoisotopic (exact) mass is 572 g/mol. The molecule has 1 aliphatic rings. The highest BCUT2D eigenvalue weighted by atomic mass is 35.5. The van der Waals surface area contributed by atoms with Crippen LogP contribution < -0.4 is 10.1 Å². The lowest BCUT2D eigenvalue weighted by molar-refractivity contribution is -0.192. The average molecular weight is 573 g/mol. The van der Waals surface area contributed by atoms with Gasteiger partial charge in [0.2, 0.25) is 0 Å². The number of nitrogens with zero attached hydrogens (tertiary/aromatic N) is 2. The maximum Gasteiger partial charge on any atom is 0.490 e. The molecular weight excluding hydrogens is 548 g/mol. The van der Waals surface area contributed by atoms with Crippen LogP contribution in [0.25, 0.3) is 0 Å². The Morgan fingerprint density at radius 2 is 1.79 bits per heavy atom. The fraction of sp³-hybridized carbons (Fsp3) is 0.360. The molecule has 0 atom stereocenters. The molecule has 0 saturated heterocycles. The molecule has 0 amide bonds. The number of carboxylic acid groups (broad SMARTS) is 2. The van der Waals surface area contributed by atoms with Crippen LogP contribution in [0.1, 0.15) is 37.8 Å². The summed E-state index contributed by atoms with van der Waals surface area (Å²) in [6.07, 6.45) is -0.678. The molecule has 39 heavy (non-hydrogen) atoms. The summed E-state index contributed by atoms with van der Waals surface area (Å²) in [7, 11) is 0. The van der Waals surface area contributed by atoms with E-state index < -0.39 is 29.3 Å². The number of hydrogen-bond donors (Lipinski definition) is 4. The van der Waals surface area contributed by atoms with Gasteiger partial charge in [-0.1, -0.05) is 23.7 Å². The number of anilines is 2. The Morgan fingerprint density at radius 1 is 1.13 bits per heavy atom. The quantitative estimate of drug-likeness (QED) is 0.241. The van der Waals surface area contributed by atoms with Crippen molar-refractivity contribution in [1.82, 2.24) is 15.2 Å². The summed E-state index contributed by atoms with van der Waals surface area (Å²) >= 11 is 5.82. The first-order chi connectivity index (χ1) is 18.4. The zero-order chi connectivity index (χ0) is 28.6. The molecule has 0 bridgehead atoms. The van der Waals surface area contributed by atoms with Crippen LogP contribution in [-0.4, -0.2) is 49.6 Å². The van der Waals surface area contributed by atoms with E-state index in [1.54, 1.807) is 18.3 Å². The van der Waals surface area contributed by atoms with Gasteiger partial charge in [-0.3, -0.25) is 9.89 Å². The predicted molar refractivity (Wildman–Crippen MR) is 132 cm³/mol. The first kappa shape index (κ1) is 29.7. The molecule has 0 radical (unpaired) electrons. The minimum absolute atomic E-state index is 0.00921. The van der Waals surface area contributed by atoms with E-state index in [0.717, 1.165) is 11.5 Å². The van der Waals surface area contributed by atoms with Crippen LogP contribution in [-0.2, 0) is 16.0 Å². The normalized spacial score (nSPS) is 18.9. The first-order valence-corrected chi connectivity index (χ1v) is 12.1. The summed E-state index contributed by atoms with van der Waals surface area (Å²) < 4.78 is 51.7. The summed E-state index contributed by atoms with van der Waals surface area (Å²) in [6.45, 7) is 0. The molecule has 1 fully saturated rings. The topological polar surface area (TPSA) is 137 Å². The fourth-order valence-corrected chi connectivity index (χ4v) is 4.27. The maximum absolute atomic E-state index is 14.1. The summed E-state index contributed by atoms with van der Waals surface area (Å²) in [5, 5.41) is 27.0. The number of ether oxygens (including phenoxy) is 1. The van der Waals surface area contributed by atoms with Crippen LogP contribution in [0.3, 0.4) is 0 Å². The summed E-state index contributed by atoms with van der Waals surface area (Å²) in [5.41, 5.74) is -0.0316. The SMILES string of the molecule is O=C(O)C(F)(F)F.O=C(O)C1(CCc2cccc(Nc3ccn[nH]3)n2)CCC(Oc2cccc(Cl)c2F)CC1. The van der Waals surface area contributed by atoms with Crippen molar-refractivity contribution in [1.29, 1.82) is 0 Å². The summed E-state index contributed by atoms with van der Waals surface area (Å²) in [6, 6.07) is 12.1. The van der Waals surface area contributed by atoms with Crippen LogP contribution in [0, 0.1) is 11.2 Å². The number of benzene rings is 1. The number of aromatic amines is 1. The molecule has 2 heterocycles. The van der Waals surface area contributed by atoms with Gasteiger partial charge in [-0.2, -0.15) is 18.3 Å². The number of aliphatic carboxylic acids is 2. The van der Waals surface area contributed by atoms with Gasteiger partial charge in [-0.05, 0) is 62.8 Å². The molecule has 210 valence electrons. The summed E-state index contributed by atoms with van der Waals surface area (Å²) in [5.74, 6) is -2.65. The number of hydrogen-bond acceptors (Lipinski definition) is 6. The van der Waals surface area contributed by atoms with Crippen molar-refractivity contribution in [2.45, 2.75) is 50.8 Å². The maximum atomic E-state index is 14.1. The van der Waals surface area contributed by atoms with E-state index in [-0.39, 0.29) is 16.9 Å². The lowest BCUT2D eigenvalue weighted by Crippen LogP contribution is -2.39. The molecule has 0 aliphatic heterocycles. The van der Waals surface area contributed by atoms with E-state index >= 15 is 0 Å². The number of rotatable bonds is 8. The zero-order valence-corrected chi connectivity index (χ0v) is 21.1. The van der Waals surface area contributed by atoms with Gasteiger partial charge in [-0.25, -0.2) is 14.2 Å². The predicted octanol–water partition coefficient (Wildman–Crippen LogP) is 6.00. The van der Waals surface area contributed by atoms with E-state index in [1.807, 2.05) is 18.2 Å². The minimum Gasteiger partial charge on any atom is -0.487 e. The summed E-state index contributed by atoms with van der Waals surface area (Å²) in [4.78, 5) is 25.7. The van der Waals surface area contributed by atoms with Crippen LogP contribution in [0.5, 0.6) is 5.75 Å². The number of pyridine rings is 1. The van der Waals surface area contributed by atoms with E-state index in [2.05, 4.69) is 20.5 Å². The smallest absolute Gasteiger partial charge is 0.487 e. The number of alkyl halides is 3. The molecule has 0 unspecified atom stereocenters. The van der Waals surface area contributed by atoms with Gasteiger partial charge in [-0.15, -0.1) is 0 Å². The van der Waals surface area contributed by atoms with Crippen LogP contribution >= 0.6 is 11.6 Å². The van der Waals surface area contributed by atoms with Gasteiger partial charge in [0.15, 0.2) is 11.6 Å². The molecule has 4 rings (SSSR count). The number of H-pyrrole nitrogens is 1. The van der Waals surface area contributed by atoms with Gasteiger partial charge >= 0.3 is 18.1 Å². The number of carbonyl (C=O) groups is 2. The molecule has 14 heteroatoms. The van der Waals surface area contributed by atoms with E-state index in [4.69, 9.17) is 26.2 Å². The highest BCUT2D eigenvalue weighted by Gasteiger charge is 2.42. The average Bonchev–Trinajstić information content (AvgIpc) is 3.39. The Labute approximate surface area is 225 Å². The molecule has 2 aromatic heterocycles. The van der Waals surface area contributed by atoms with Crippen molar-refractivity contribution in [3.05, 3.63) is 65.2 Å². The van der Waals surface area contributed by atoms with Gasteiger partial charge in [0, 0.05) is 11.8 Å². The van der Waals surface area contributed by atoms with Crippen molar-refractivity contribution >= 4 is 35.2 Å². The molecule has 3 aromatic rings. The first-order valence-electron chi connectivity index (χ1n) is 11.8. The third-order valence-electron chi connectivity index (χ3n) is 6.23. The minimum atomic E-state index is -5.08. The fourth-order valence-electron chi connectivity index (χ4n) is 4.11. The molecule has 0 spiro atoms. The second-order valence-electron chi connectivity index (χ2n) is 8.87. The van der Waals surface area contributed by atoms with Gasteiger partial charge in [0.25, 0.3) is 0 Å². The van der Waals surface area contributed by atoms with Gasteiger partial charge in [0.1, 0.15) is 11.6 Å². The Bertz CT molecular complexity index is 1270. The van der Waals surface area contributed by atoms with E-state index in [0.29, 0.717) is 44.3 Å². The molecule has 9 nitrogen and oxygen atoms in total. The van der Waals surface area contributed by atoms with Gasteiger partial charge < -0.3 is 20.3 Å². The standard InChI is InChI=1S/C23H24ClFN4O3.C2HF3O2/c24-17-4-2-5-18(21(17)25)32-16-8-12-23(13-9-16,22(30)31)11-7-15-3-1-6-19(27-15)28-20-10-14-26-29-20;3-2(4,5)1(6)7/h1-6,10,14,16H,7-9,11-13H2,(H,30,31)(H2,26,27,28,29);(H,6,7). The number of aromatic nitrogens is 3. The second kappa shape index (κ2) is 12.8. The van der Waals surface area contributed by atoms with Crippen molar-refractivity contribution in [3.8, 4) is 5.75 Å². The van der Waals surface area contributed by atoms with Crippen molar-refractivity contribution < 1.29 is 42.1 Å². The molecule has 4 N–H and O–H groups in total. The zero-order valence-electron chi connectivity index (χ0n) is 20.3. The highest BCUT2D eigenvalue weighted by molar-refractivity contribution is 6.30. The van der Waals surface area contributed by atoms with Crippen LogP contribution in [0.2, 0.25) is 5.02 Å². The van der Waals surface area contributed by atoms with Crippen molar-refractivity contribution in [2.75, 3.05) is 5.32 Å². The molecule has 1 aromatic carbocycles. The second-order valence-corrected chi connectivity index (χ2v) is 9.27. The van der Waals surface area contributed by atoms with Crippen molar-refractivity contribution in [2.24, 2.45) is 5.41 Å². The number of nitrogens with one attached hydrogen (secondary N) is 2.